The van der Waals surface area contributed by atoms with Crippen LogP contribution in [0.2, 0.25) is 5.02 Å². The summed E-state index contributed by atoms with van der Waals surface area (Å²) in [6, 6.07) is 5.65. The van der Waals surface area contributed by atoms with Gasteiger partial charge in [-0.05, 0) is 46.5 Å². The van der Waals surface area contributed by atoms with Crippen molar-refractivity contribution < 1.29 is 14.3 Å². The molecule has 2 N–H and O–H groups in total. The van der Waals surface area contributed by atoms with Crippen LogP contribution in [0.5, 0.6) is 5.75 Å². The van der Waals surface area contributed by atoms with Crippen molar-refractivity contribution in [2.24, 2.45) is 0 Å². The van der Waals surface area contributed by atoms with Crippen LogP contribution in [0.15, 0.2) is 29.0 Å². The third-order valence-electron chi connectivity index (χ3n) is 4.52. The molecule has 0 spiro atoms. The molecule has 0 aliphatic carbocycles. The molecular formula is C18H17ClN2O3S. The Balaban J connectivity index is 1.40. The van der Waals surface area contributed by atoms with Gasteiger partial charge in [0.1, 0.15) is 17.9 Å². The predicted molar refractivity (Wildman–Crippen MR) is 97.1 cm³/mol. The largest absolute Gasteiger partial charge is 0.486 e. The highest BCUT2D eigenvalue weighted by molar-refractivity contribution is 7.08. The van der Waals surface area contributed by atoms with E-state index in [9.17, 15) is 9.59 Å². The summed E-state index contributed by atoms with van der Waals surface area (Å²) in [7, 11) is 0. The van der Waals surface area contributed by atoms with Crippen LogP contribution in [0, 0.1) is 0 Å². The molecule has 7 heteroatoms. The number of halogens is 1. The first kappa shape index (κ1) is 16.4. The Kier molecular flexibility index (Phi) is 4.39. The standard InChI is InChI=1S/C18H17ClN2O3S/c19-14-7-11(10-3-4-25-9-10)5-12-6-13(24-17(12)14)8-20-18(23)15-1-2-16(22)21-15/h3-5,7,9,13,15H,1-2,6,8H2,(H,20,23)(H,21,22)/t13-,15+/m0/s1. The van der Waals surface area contributed by atoms with Crippen LogP contribution in [0.3, 0.4) is 0 Å². The van der Waals surface area contributed by atoms with E-state index in [1.165, 1.54) is 0 Å². The average molecular weight is 377 g/mol. The molecule has 0 radical (unpaired) electrons. The molecule has 0 bridgehead atoms. The highest BCUT2D eigenvalue weighted by Gasteiger charge is 2.30. The van der Waals surface area contributed by atoms with Crippen molar-refractivity contribution in [3.05, 3.63) is 39.5 Å². The van der Waals surface area contributed by atoms with Crippen molar-refractivity contribution in [3.63, 3.8) is 0 Å². The summed E-state index contributed by atoms with van der Waals surface area (Å²) in [5, 5.41) is 10.2. The monoisotopic (exact) mass is 376 g/mol. The highest BCUT2D eigenvalue weighted by atomic mass is 35.5. The summed E-state index contributed by atoms with van der Waals surface area (Å²) >= 11 is 8.03. The average Bonchev–Trinajstić information content (AvgIpc) is 3.32. The fourth-order valence-corrected chi connectivity index (χ4v) is 4.19. The molecule has 1 fully saturated rings. The van der Waals surface area contributed by atoms with Crippen LogP contribution >= 0.6 is 22.9 Å². The fraction of sp³-hybridized carbons (Fsp3) is 0.333. The molecule has 2 aliphatic rings. The summed E-state index contributed by atoms with van der Waals surface area (Å²) in [6.45, 7) is 0.393. The molecule has 1 aromatic heterocycles. The quantitative estimate of drug-likeness (QED) is 0.862. The summed E-state index contributed by atoms with van der Waals surface area (Å²) in [5.41, 5.74) is 3.28. The Hall–Kier alpha value is -2.05. The van der Waals surface area contributed by atoms with Crippen molar-refractivity contribution >= 4 is 34.8 Å². The summed E-state index contributed by atoms with van der Waals surface area (Å²) < 4.78 is 5.91. The van der Waals surface area contributed by atoms with Gasteiger partial charge >= 0.3 is 0 Å². The molecule has 2 aliphatic heterocycles. The second-order valence-electron chi connectivity index (χ2n) is 6.31. The Labute approximate surface area is 154 Å². The zero-order valence-corrected chi connectivity index (χ0v) is 15.0. The maximum absolute atomic E-state index is 12.1. The second-order valence-corrected chi connectivity index (χ2v) is 7.49. The zero-order valence-electron chi connectivity index (χ0n) is 13.4. The Morgan fingerprint density at radius 3 is 3.00 bits per heavy atom. The maximum atomic E-state index is 12.1. The van der Waals surface area contributed by atoms with E-state index in [0.29, 0.717) is 36.6 Å². The molecule has 4 rings (SSSR count). The van der Waals surface area contributed by atoms with Crippen molar-refractivity contribution in [1.82, 2.24) is 10.6 Å². The van der Waals surface area contributed by atoms with E-state index in [1.807, 2.05) is 11.4 Å². The normalized spacial score (nSPS) is 21.6. The van der Waals surface area contributed by atoms with Crippen LogP contribution in [-0.2, 0) is 16.0 Å². The van der Waals surface area contributed by atoms with E-state index in [2.05, 4.69) is 28.1 Å². The van der Waals surface area contributed by atoms with E-state index in [-0.39, 0.29) is 17.9 Å². The number of amides is 2. The van der Waals surface area contributed by atoms with Gasteiger partial charge in [-0.15, -0.1) is 0 Å². The minimum atomic E-state index is -0.426. The fourth-order valence-electron chi connectivity index (χ4n) is 3.25. The summed E-state index contributed by atoms with van der Waals surface area (Å²) in [4.78, 5) is 23.3. The lowest BCUT2D eigenvalue weighted by Gasteiger charge is -2.15. The number of rotatable bonds is 4. The molecule has 2 aromatic rings. The Bertz CT molecular complexity index is 822. The SMILES string of the molecule is O=C1CC[C@H](C(=O)NC[C@@H]2Cc3cc(-c4ccsc4)cc(Cl)c3O2)N1. The Morgan fingerprint density at radius 1 is 1.40 bits per heavy atom. The van der Waals surface area contributed by atoms with Gasteiger partial charge in [0, 0.05) is 18.4 Å². The number of hydrogen-bond acceptors (Lipinski definition) is 4. The van der Waals surface area contributed by atoms with Gasteiger partial charge in [0.15, 0.2) is 0 Å². The van der Waals surface area contributed by atoms with Gasteiger partial charge in [0.25, 0.3) is 0 Å². The predicted octanol–water partition coefficient (Wildman–Crippen LogP) is 2.77. The van der Waals surface area contributed by atoms with Crippen LogP contribution < -0.4 is 15.4 Å². The van der Waals surface area contributed by atoms with E-state index < -0.39 is 6.04 Å². The van der Waals surface area contributed by atoms with E-state index in [0.717, 1.165) is 16.7 Å². The van der Waals surface area contributed by atoms with Crippen LogP contribution in [0.4, 0.5) is 0 Å². The lowest BCUT2D eigenvalue weighted by Crippen LogP contribution is -2.44. The first-order valence-corrected chi connectivity index (χ1v) is 9.51. The third-order valence-corrected chi connectivity index (χ3v) is 5.49. The topological polar surface area (TPSA) is 67.4 Å². The van der Waals surface area contributed by atoms with Crippen molar-refractivity contribution in [1.29, 1.82) is 0 Å². The molecule has 5 nitrogen and oxygen atoms in total. The smallest absolute Gasteiger partial charge is 0.242 e. The number of benzene rings is 1. The molecule has 0 unspecified atom stereocenters. The minimum absolute atomic E-state index is 0.0718. The van der Waals surface area contributed by atoms with Gasteiger partial charge < -0.3 is 15.4 Å². The first-order chi connectivity index (χ1) is 12.1. The van der Waals surface area contributed by atoms with Gasteiger partial charge in [-0.3, -0.25) is 9.59 Å². The van der Waals surface area contributed by atoms with Crippen molar-refractivity contribution in [2.45, 2.75) is 31.4 Å². The zero-order chi connectivity index (χ0) is 17.4. The number of carbonyl (C=O) groups excluding carboxylic acids is 2. The van der Waals surface area contributed by atoms with Gasteiger partial charge in [-0.25, -0.2) is 0 Å². The maximum Gasteiger partial charge on any atom is 0.242 e. The van der Waals surface area contributed by atoms with Crippen LogP contribution in [0.25, 0.3) is 11.1 Å². The Morgan fingerprint density at radius 2 is 2.28 bits per heavy atom. The van der Waals surface area contributed by atoms with Crippen LogP contribution in [-0.4, -0.2) is 30.5 Å². The van der Waals surface area contributed by atoms with E-state index >= 15 is 0 Å². The highest BCUT2D eigenvalue weighted by Crippen LogP contribution is 2.39. The molecule has 2 amide bonds. The third kappa shape index (κ3) is 3.37. The van der Waals surface area contributed by atoms with Crippen molar-refractivity contribution in [2.75, 3.05) is 6.54 Å². The lowest BCUT2D eigenvalue weighted by atomic mass is 10.0. The number of nitrogens with one attached hydrogen (secondary N) is 2. The number of thiophene rings is 1. The minimum Gasteiger partial charge on any atom is -0.486 e. The molecule has 25 heavy (non-hydrogen) atoms. The number of ether oxygens (including phenoxy) is 1. The molecule has 130 valence electrons. The van der Waals surface area contributed by atoms with Crippen molar-refractivity contribution in [3.8, 4) is 16.9 Å². The molecule has 0 saturated carbocycles. The number of carbonyl (C=O) groups is 2. The molecule has 1 saturated heterocycles. The second kappa shape index (κ2) is 6.69. The first-order valence-electron chi connectivity index (χ1n) is 8.19. The van der Waals surface area contributed by atoms with E-state index in [1.54, 1.807) is 11.3 Å². The molecular weight excluding hydrogens is 360 g/mol. The van der Waals surface area contributed by atoms with Gasteiger partial charge in [-0.2, -0.15) is 11.3 Å². The molecule has 2 atom stereocenters. The van der Waals surface area contributed by atoms with E-state index in [4.69, 9.17) is 16.3 Å². The van der Waals surface area contributed by atoms with Gasteiger partial charge in [0.2, 0.25) is 11.8 Å². The van der Waals surface area contributed by atoms with Gasteiger partial charge in [-0.1, -0.05) is 11.6 Å². The lowest BCUT2D eigenvalue weighted by molar-refractivity contribution is -0.126. The molecule has 1 aromatic carbocycles. The summed E-state index contributed by atoms with van der Waals surface area (Å²) in [5.74, 6) is 0.474. The molecule has 3 heterocycles. The van der Waals surface area contributed by atoms with Gasteiger partial charge in [0.05, 0.1) is 11.6 Å². The summed E-state index contributed by atoms with van der Waals surface area (Å²) in [6.07, 6.45) is 1.51. The number of fused-ring (bicyclic) bond motifs is 1. The number of hydrogen-bond donors (Lipinski definition) is 2. The van der Waals surface area contributed by atoms with Crippen LogP contribution in [0.1, 0.15) is 18.4 Å².